The predicted octanol–water partition coefficient (Wildman–Crippen LogP) is 1.91. The van der Waals surface area contributed by atoms with Gasteiger partial charge in [0.1, 0.15) is 28.6 Å². The van der Waals surface area contributed by atoms with Crippen molar-refractivity contribution in [2.45, 2.75) is 37.3 Å². The number of phenols is 1. The lowest BCUT2D eigenvalue weighted by Gasteiger charge is -2.50. The summed E-state index contributed by atoms with van der Waals surface area (Å²) in [5.41, 5.74) is 4.33. The molecule has 0 fully saturated rings. The van der Waals surface area contributed by atoms with Crippen LogP contribution in [0.25, 0.3) is 0 Å². The zero-order valence-corrected chi connectivity index (χ0v) is 22.5. The van der Waals surface area contributed by atoms with E-state index in [2.05, 4.69) is 0 Å². The van der Waals surface area contributed by atoms with Crippen LogP contribution in [0.15, 0.2) is 59.1 Å². The number of allylic oxidation sites excluding steroid dienone is 1. The molecule has 0 saturated carbocycles. The second kappa shape index (κ2) is 9.79. The van der Waals surface area contributed by atoms with Gasteiger partial charge >= 0.3 is 0 Å². The second-order valence-corrected chi connectivity index (χ2v) is 10.9. The van der Waals surface area contributed by atoms with Gasteiger partial charge < -0.3 is 30.9 Å². The first-order valence-electron chi connectivity index (χ1n) is 13.0. The lowest BCUT2D eigenvalue weighted by molar-refractivity contribution is -0.148. The van der Waals surface area contributed by atoms with Crippen molar-refractivity contribution in [2.75, 3.05) is 21.2 Å². The number of hydrogen-bond donors (Lipinski definition) is 5. The van der Waals surface area contributed by atoms with Crippen molar-refractivity contribution in [3.05, 3.63) is 81.3 Å². The summed E-state index contributed by atoms with van der Waals surface area (Å²) in [6.07, 6.45) is 1.57. The fourth-order valence-corrected chi connectivity index (χ4v) is 6.62. The number of aliphatic hydroxyl groups excluding tert-OH is 2. The van der Waals surface area contributed by atoms with Crippen molar-refractivity contribution in [2.24, 2.45) is 17.6 Å². The number of nitrogens with two attached hydrogens (primary N) is 1. The maximum atomic E-state index is 13.8. The molecule has 0 bridgehead atoms. The van der Waals surface area contributed by atoms with E-state index >= 15 is 0 Å². The van der Waals surface area contributed by atoms with Gasteiger partial charge in [-0.3, -0.25) is 19.3 Å². The van der Waals surface area contributed by atoms with Crippen LogP contribution in [0, 0.1) is 11.8 Å². The first kappa shape index (κ1) is 27.4. The molecule has 0 radical (unpaired) electrons. The van der Waals surface area contributed by atoms with E-state index in [1.54, 1.807) is 27.3 Å². The Morgan fingerprint density at radius 2 is 1.75 bits per heavy atom. The molecule has 6 N–H and O–H groups in total. The molecular weight excluding hydrogens is 516 g/mol. The number of primary amides is 1. The molecule has 2 aromatic carbocycles. The van der Waals surface area contributed by atoms with Gasteiger partial charge in [-0.1, -0.05) is 18.2 Å². The molecule has 0 saturated heterocycles. The summed E-state index contributed by atoms with van der Waals surface area (Å²) in [6.45, 7) is 0. The van der Waals surface area contributed by atoms with Crippen LogP contribution in [-0.4, -0.2) is 75.6 Å². The van der Waals surface area contributed by atoms with Crippen molar-refractivity contribution in [3.8, 4) is 11.5 Å². The summed E-state index contributed by atoms with van der Waals surface area (Å²) in [5.74, 6) is -5.82. The molecule has 10 nitrogen and oxygen atoms in total. The number of fused-ring (bicyclic) bond motifs is 3. The van der Waals surface area contributed by atoms with Gasteiger partial charge in [0, 0.05) is 11.5 Å². The summed E-state index contributed by atoms with van der Waals surface area (Å²) in [6, 6.07) is 9.84. The number of aliphatic hydroxyl groups is 3. The third-order valence-corrected chi connectivity index (χ3v) is 8.55. The van der Waals surface area contributed by atoms with E-state index in [9.17, 15) is 34.8 Å². The normalized spacial score (nSPS) is 26.0. The largest absolute Gasteiger partial charge is 0.510 e. The van der Waals surface area contributed by atoms with Crippen molar-refractivity contribution >= 4 is 17.5 Å². The molecule has 0 spiro atoms. The molecule has 2 aromatic rings. The Morgan fingerprint density at radius 1 is 1.07 bits per heavy atom. The SMILES string of the molecule is COc1ccc(CCc2ccc(O)c3c2C[C@@H]2C[C@@H]4[C@@H](N(C)C)C(O)=C(C(N)=O)C(=O)[C@@]4(O)C(O)=C2C3=O)cc1. The van der Waals surface area contributed by atoms with Crippen molar-refractivity contribution < 1.29 is 39.5 Å². The highest BCUT2D eigenvalue weighted by Crippen LogP contribution is 2.52. The number of ether oxygens (including phenoxy) is 1. The number of rotatable bonds is 6. The number of ketones is 2. The Bertz CT molecular complexity index is 1490. The molecule has 0 aliphatic heterocycles. The van der Waals surface area contributed by atoms with Crippen LogP contribution in [0.5, 0.6) is 11.5 Å². The van der Waals surface area contributed by atoms with Gasteiger partial charge in [0.25, 0.3) is 5.91 Å². The standard InChI is InChI=1S/C30H32N2O8/c1-32(2)24-19-13-16-12-18-15(7-4-14-5-9-17(40-3)10-6-14)8-11-20(33)22(18)25(34)21(16)27(36)30(19,39)28(37)23(26(24)35)29(31)38/h5-6,8-11,16,19,24,33,35-36,39H,4,7,12-13H2,1-3H3,(H2,31,38)/t16-,19-,24-,30+/m1/s1. The monoisotopic (exact) mass is 548 g/mol. The average Bonchev–Trinajstić information content (AvgIpc) is 2.90. The van der Waals surface area contributed by atoms with Crippen molar-refractivity contribution in [3.63, 3.8) is 0 Å². The minimum absolute atomic E-state index is 0.0213. The topological polar surface area (TPSA) is 171 Å². The number of nitrogens with zero attached hydrogens (tertiary/aromatic N) is 1. The van der Waals surface area contributed by atoms with Crippen LogP contribution < -0.4 is 10.5 Å². The molecule has 0 unspecified atom stereocenters. The molecule has 4 atom stereocenters. The first-order chi connectivity index (χ1) is 18.9. The fourth-order valence-electron chi connectivity index (χ4n) is 6.62. The smallest absolute Gasteiger partial charge is 0.255 e. The highest BCUT2D eigenvalue weighted by molar-refractivity contribution is 6.24. The number of amides is 1. The third kappa shape index (κ3) is 3.98. The number of likely N-dealkylation sites (N-methyl/N-ethyl adjacent to an activating group) is 1. The van der Waals surface area contributed by atoms with E-state index < -0.39 is 58.0 Å². The summed E-state index contributed by atoms with van der Waals surface area (Å²) in [7, 11) is 4.80. The quantitative estimate of drug-likeness (QED) is 0.338. The van der Waals surface area contributed by atoms with Gasteiger partial charge in [0.05, 0.1) is 18.7 Å². The minimum Gasteiger partial charge on any atom is -0.510 e. The van der Waals surface area contributed by atoms with Crippen LogP contribution in [-0.2, 0) is 28.9 Å². The second-order valence-electron chi connectivity index (χ2n) is 10.9. The number of carbonyl (C=O) groups excluding carboxylic acids is 3. The number of aromatic hydroxyl groups is 1. The fraction of sp³-hybridized carbons (Fsp3) is 0.367. The molecule has 1 amide bonds. The van der Waals surface area contributed by atoms with E-state index in [1.807, 2.05) is 24.3 Å². The van der Waals surface area contributed by atoms with Gasteiger partial charge in [-0.2, -0.15) is 0 Å². The number of hydrogen-bond acceptors (Lipinski definition) is 9. The van der Waals surface area contributed by atoms with E-state index in [0.29, 0.717) is 18.4 Å². The zero-order valence-electron chi connectivity index (χ0n) is 22.5. The molecule has 210 valence electrons. The highest BCUT2D eigenvalue weighted by atomic mass is 16.5. The predicted molar refractivity (Wildman–Crippen MR) is 144 cm³/mol. The molecule has 3 aliphatic rings. The maximum absolute atomic E-state index is 13.8. The summed E-state index contributed by atoms with van der Waals surface area (Å²) < 4.78 is 5.21. The highest BCUT2D eigenvalue weighted by Gasteiger charge is 2.63. The zero-order chi connectivity index (χ0) is 29.1. The number of Topliss-reactive ketones (excluding diaryl/α,β-unsaturated/α-hetero) is 2. The molecule has 40 heavy (non-hydrogen) atoms. The van der Waals surface area contributed by atoms with E-state index in [4.69, 9.17) is 10.5 Å². The van der Waals surface area contributed by atoms with Crippen molar-refractivity contribution in [1.29, 1.82) is 0 Å². The molecular formula is C30H32N2O8. The maximum Gasteiger partial charge on any atom is 0.255 e. The summed E-state index contributed by atoms with van der Waals surface area (Å²) in [4.78, 5) is 40.8. The van der Waals surface area contributed by atoms with Crippen LogP contribution >= 0.6 is 0 Å². The minimum atomic E-state index is -2.65. The molecule has 3 aliphatic carbocycles. The van der Waals surface area contributed by atoms with E-state index in [0.717, 1.165) is 16.9 Å². The van der Waals surface area contributed by atoms with Gasteiger partial charge in [-0.05, 0) is 80.6 Å². The molecule has 0 aromatic heterocycles. The first-order valence-corrected chi connectivity index (χ1v) is 13.0. The number of carbonyl (C=O) groups is 3. The lowest BCUT2D eigenvalue weighted by Crippen LogP contribution is -2.63. The Labute approximate surface area is 231 Å². The van der Waals surface area contributed by atoms with Crippen LogP contribution in [0.3, 0.4) is 0 Å². The number of benzene rings is 2. The van der Waals surface area contributed by atoms with E-state index in [1.165, 1.54) is 11.0 Å². The number of phenolic OH excluding ortho intramolecular Hbond substituents is 1. The third-order valence-electron chi connectivity index (χ3n) is 8.55. The Kier molecular flexibility index (Phi) is 6.71. The summed E-state index contributed by atoms with van der Waals surface area (Å²) in [5, 5.41) is 44.7. The lowest BCUT2D eigenvalue weighted by atomic mass is 9.58. The van der Waals surface area contributed by atoms with Gasteiger partial charge in [0.15, 0.2) is 11.4 Å². The molecule has 5 rings (SSSR count). The number of methoxy groups -OCH3 is 1. The Balaban J connectivity index is 1.58. The number of aryl methyl sites for hydroxylation is 2. The Morgan fingerprint density at radius 3 is 2.35 bits per heavy atom. The van der Waals surface area contributed by atoms with Crippen LogP contribution in [0.4, 0.5) is 0 Å². The van der Waals surface area contributed by atoms with Gasteiger partial charge in [-0.15, -0.1) is 0 Å². The average molecular weight is 549 g/mol. The van der Waals surface area contributed by atoms with Gasteiger partial charge in [-0.25, -0.2) is 0 Å². The van der Waals surface area contributed by atoms with Crippen molar-refractivity contribution in [1.82, 2.24) is 4.90 Å². The van der Waals surface area contributed by atoms with E-state index in [-0.39, 0.29) is 29.7 Å². The van der Waals surface area contributed by atoms with Crippen LogP contribution in [0.2, 0.25) is 0 Å². The molecule has 0 heterocycles. The summed E-state index contributed by atoms with van der Waals surface area (Å²) >= 11 is 0. The Hall–Kier alpha value is -4.15. The van der Waals surface area contributed by atoms with Crippen LogP contribution in [0.1, 0.15) is 33.5 Å². The van der Waals surface area contributed by atoms with Gasteiger partial charge in [0.2, 0.25) is 5.78 Å². The molecule has 10 heteroatoms.